The quantitative estimate of drug-likeness (QED) is 0.744. The van der Waals surface area contributed by atoms with E-state index >= 15 is 0 Å². The van der Waals surface area contributed by atoms with Gasteiger partial charge in [-0.05, 0) is 31.2 Å². The van der Waals surface area contributed by atoms with Crippen molar-refractivity contribution in [2.45, 2.75) is 12.5 Å². The number of rotatable bonds is 4. The molecule has 0 fully saturated rings. The minimum absolute atomic E-state index is 0.211. The average Bonchev–Trinajstić information content (AvgIpc) is 3.02. The topological polar surface area (TPSA) is 91.6 Å². The monoisotopic (exact) mass is 324 g/mol. The lowest BCUT2D eigenvalue weighted by Gasteiger charge is -2.20. The van der Waals surface area contributed by atoms with Gasteiger partial charge in [-0.3, -0.25) is 9.59 Å². The van der Waals surface area contributed by atoms with Gasteiger partial charge < -0.3 is 20.2 Å². The van der Waals surface area contributed by atoms with Crippen molar-refractivity contribution >= 4 is 17.5 Å². The standard InChI is InChI=1S/C15H14F2N2O4/c1-15(22,12-3-2-6-23-12)8-18-13(20)14(21)19-11-5-4-9(16)7-10(11)17/h2-7,22H,8H2,1H3,(H,18,20)(H,19,21). The van der Waals surface area contributed by atoms with Gasteiger partial charge in [0, 0.05) is 6.07 Å². The zero-order chi connectivity index (χ0) is 17.0. The summed E-state index contributed by atoms with van der Waals surface area (Å²) in [4.78, 5) is 23.3. The van der Waals surface area contributed by atoms with E-state index in [1.807, 2.05) is 5.32 Å². The Morgan fingerprint density at radius 1 is 1.26 bits per heavy atom. The smallest absolute Gasteiger partial charge is 0.313 e. The predicted molar refractivity (Wildman–Crippen MR) is 76.3 cm³/mol. The van der Waals surface area contributed by atoms with Gasteiger partial charge in [0.25, 0.3) is 0 Å². The molecule has 6 nitrogen and oxygen atoms in total. The molecule has 122 valence electrons. The molecule has 0 aliphatic carbocycles. The van der Waals surface area contributed by atoms with Crippen molar-refractivity contribution in [1.82, 2.24) is 5.32 Å². The van der Waals surface area contributed by atoms with Gasteiger partial charge in [-0.2, -0.15) is 0 Å². The van der Waals surface area contributed by atoms with Gasteiger partial charge in [0.15, 0.2) is 0 Å². The van der Waals surface area contributed by atoms with Crippen LogP contribution in [0.5, 0.6) is 0 Å². The summed E-state index contributed by atoms with van der Waals surface area (Å²) in [6.45, 7) is 1.10. The molecule has 1 atom stereocenters. The Morgan fingerprint density at radius 2 is 2.00 bits per heavy atom. The molecular weight excluding hydrogens is 310 g/mol. The van der Waals surface area contributed by atoms with Gasteiger partial charge in [-0.1, -0.05) is 0 Å². The number of hydrogen-bond acceptors (Lipinski definition) is 4. The lowest BCUT2D eigenvalue weighted by atomic mass is 10.0. The Labute approximate surface area is 130 Å². The largest absolute Gasteiger partial charge is 0.466 e. The predicted octanol–water partition coefficient (Wildman–Crippen LogP) is 1.52. The van der Waals surface area contributed by atoms with Crippen molar-refractivity contribution in [2.75, 3.05) is 11.9 Å². The number of aliphatic hydroxyl groups is 1. The Bertz CT molecular complexity index is 714. The molecule has 1 aromatic carbocycles. The molecular formula is C15H14F2N2O4. The van der Waals surface area contributed by atoms with Gasteiger partial charge in [-0.25, -0.2) is 8.78 Å². The van der Waals surface area contributed by atoms with Crippen LogP contribution in [0.15, 0.2) is 41.0 Å². The fourth-order valence-electron chi connectivity index (χ4n) is 1.77. The Kier molecular flexibility index (Phi) is 4.75. The second kappa shape index (κ2) is 6.57. The van der Waals surface area contributed by atoms with Gasteiger partial charge in [0.2, 0.25) is 0 Å². The number of carbonyl (C=O) groups excluding carboxylic acids is 2. The van der Waals surface area contributed by atoms with Crippen molar-refractivity contribution in [3.05, 3.63) is 54.0 Å². The number of amides is 2. The summed E-state index contributed by atoms with van der Waals surface area (Å²) in [6.07, 6.45) is 1.36. The maximum Gasteiger partial charge on any atom is 0.313 e. The highest BCUT2D eigenvalue weighted by Crippen LogP contribution is 2.19. The molecule has 0 spiro atoms. The van der Waals surface area contributed by atoms with Crippen LogP contribution >= 0.6 is 0 Å². The van der Waals surface area contributed by atoms with E-state index in [9.17, 15) is 23.5 Å². The lowest BCUT2D eigenvalue weighted by molar-refractivity contribution is -0.136. The molecule has 0 aliphatic heterocycles. The fraction of sp³-hybridized carbons (Fsp3) is 0.200. The molecule has 0 radical (unpaired) electrons. The number of hydrogen-bond donors (Lipinski definition) is 3. The van der Waals surface area contributed by atoms with Crippen molar-refractivity contribution < 1.29 is 27.9 Å². The molecule has 2 rings (SSSR count). The highest BCUT2D eigenvalue weighted by molar-refractivity contribution is 6.39. The summed E-state index contributed by atoms with van der Waals surface area (Å²) in [5.74, 6) is -3.83. The molecule has 23 heavy (non-hydrogen) atoms. The van der Waals surface area contributed by atoms with Crippen molar-refractivity contribution in [3.8, 4) is 0 Å². The Hall–Kier alpha value is -2.74. The first-order chi connectivity index (χ1) is 10.8. The highest BCUT2D eigenvalue weighted by Gasteiger charge is 2.28. The normalized spacial score (nSPS) is 13.2. The molecule has 0 aliphatic rings. The van der Waals surface area contributed by atoms with E-state index in [1.165, 1.54) is 19.3 Å². The lowest BCUT2D eigenvalue weighted by Crippen LogP contribution is -2.43. The Balaban J connectivity index is 1.94. The SMILES string of the molecule is CC(O)(CNC(=O)C(=O)Nc1ccc(F)cc1F)c1ccco1. The second-order valence-corrected chi connectivity index (χ2v) is 5.01. The van der Waals surface area contributed by atoms with Gasteiger partial charge in [-0.15, -0.1) is 0 Å². The van der Waals surface area contributed by atoms with Crippen molar-refractivity contribution in [1.29, 1.82) is 0 Å². The number of halogens is 2. The number of benzene rings is 1. The van der Waals surface area contributed by atoms with Crippen LogP contribution in [0.2, 0.25) is 0 Å². The third kappa shape index (κ3) is 4.13. The van der Waals surface area contributed by atoms with E-state index in [0.29, 0.717) is 6.07 Å². The Morgan fingerprint density at radius 3 is 2.61 bits per heavy atom. The zero-order valence-electron chi connectivity index (χ0n) is 12.1. The summed E-state index contributed by atoms with van der Waals surface area (Å²) in [7, 11) is 0. The summed E-state index contributed by atoms with van der Waals surface area (Å²) < 4.78 is 31.2. The van der Waals surface area contributed by atoms with Crippen LogP contribution in [-0.4, -0.2) is 23.5 Å². The fourth-order valence-corrected chi connectivity index (χ4v) is 1.77. The van der Waals surface area contributed by atoms with E-state index in [-0.39, 0.29) is 18.0 Å². The van der Waals surface area contributed by atoms with Crippen LogP contribution in [0, 0.1) is 11.6 Å². The third-order valence-corrected chi connectivity index (χ3v) is 3.03. The van der Waals surface area contributed by atoms with Crippen LogP contribution < -0.4 is 10.6 Å². The molecule has 3 N–H and O–H groups in total. The van der Waals surface area contributed by atoms with Gasteiger partial charge >= 0.3 is 11.8 Å². The van der Waals surface area contributed by atoms with Crippen LogP contribution in [-0.2, 0) is 15.2 Å². The van der Waals surface area contributed by atoms with E-state index < -0.39 is 29.0 Å². The number of carbonyl (C=O) groups is 2. The van der Waals surface area contributed by atoms with Gasteiger partial charge in [0.05, 0.1) is 18.5 Å². The molecule has 1 unspecified atom stereocenters. The highest BCUT2D eigenvalue weighted by atomic mass is 19.1. The number of anilines is 1. The number of furan rings is 1. The van der Waals surface area contributed by atoms with E-state index in [1.54, 1.807) is 6.07 Å². The van der Waals surface area contributed by atoms with Crippen LogP contribution in [0.25, 0.3) is 0 Å². The van der Waals surface area contributed by atoms with Crippen molar-refractivity contribution in [2.24, 2.45) is 0 Å². The minimum Gasteiger partial charge on any atom is -0.466 e. The van der Waals surface area contributed by atoms with E-state index in [2.05, 4.69) is 5.32 Å². The second-order valence-electron chi connectivity index (χ2n) is 5.01. The maximum absolute atomic E-state index is 13.4. The first kappa shape index (κ1) is 16.6. The van der Waals surface area contributed by atoms with Crippen LogP contribution in [0.3, 0.4) is 0 Å². The van der Waals surface area contributed by atoms with Gasteiger partial charge in [0.1, 0.15) is 23.0 Å². The molecule has 1 heterocycles. The molecule has 8 heteroatoms. The maximum atomic E-state index is 13.4. The molecule has 0 bridgehead atoms. The average molecular weight is 324 g/mol. The zero-order valence-corrected chi connectivity index (χ0v) is 12.1. The van der Waals surface area contributed by atoms with Crippen LogP contribution in [0.1, 0.15) is 12.7 Å². The molecule has 2 aromatic rings. The first-order valence-electron chi connectivity index (χ1n) is 6.60. The minimum atomic E-state index is -1.51. The summed E-state index contributed by atoms with van der Waals surface area (Å²) in [5, 5.41) is 14.3. The summed E-state index contributed by atoms with van der Waals surface area (Å²) >= 11 is 0. The summed E-state index contributed by atoms with van der Waals surface area (Å²) in [5.41, 5.74) is -1.84. The summed E-state index contributed by atoms with van der Waals surface area (Å²) in [6, 6.07) is 5.60. The molecule has 1 aromatic heterocycles. The first-order valence-corrected chi connectivity index (χ1v) is 6.60. The van der Waals surface area contributed by atoms with E-state index in [0.717, 1.165) is 12.1 Å². The van der Waals surface area contributed by atoms with E-state index in [4.69, 9.17) is 4.42 Å². The third-order valence-electron chi connectivity index (χ3n) is 3.03. The molecule has 0 saturated heterocycles. The molecule has 2 amide bonds. The number of nitrogens with one attached hydrogen (secondary N) is 2. The molecule has 0 saturated carbocycles. The van der Waals surface area contributed by atoms with Crippen molar-refractivity contribution in [3.63, 3.8) is 0 Å². The van der Waals surface area contributed by atoms with Crippen LogP contribution in [0.4, 0.5) is 14.5 Å².